The van der Waals surface area contributed by atoms with Crippen LogP contribution in [0.2, 0.25) is 0 Å². The number of anilines is 1. The second-order valence-electron chi connectivity index (χ2n) is 7.22. The van der Waals surface area contributed by atoms with E-state index in [1.54, 1.807) is 23.1 Å². The van der Waals surface area contributed by atoms with Crippen LogP contribution >= 0.6 is 15.9 Å². The number of nitrogen functional groups attached to an aromatic ring is 1. The Morgan fingerprint density at radius 2 is 2.24 bits per heavy atom. The number of aromatic nitrogens is 2. The molecule has 0 fully saturated rings. The van der Waals surface area contributed by atoms with Crippen molar-refractivity contribution >= 4 is 38.7 Å². The Morgan fingerprint density at radius 3 is 2.93 bits per heavy atom. The number of nitrogens with zero attached hydrogens (tertiary/aromatic N) is 2. The van der Waals surface area contributed by atoms with Crippen LogP contribution in [-0.4, -0.2) is 27.3 Å². The van der Waals surface area contributed by atoms with Gasteiger partial charge in [0.25, 0.3) is 5.91 Å². The molecule has 4 rings (SSSR count). The normalized spacial score (nSPS) is 16.8. The van der Waals surface area contributed by atoms with Gasteiger partial charge in [0.15, 0.2) is 0 Å². The minimum atomic E-state index is -0.431. The number of nitrogens with one attached hydrogen (secondary N) is 1. The van der Waals surface area contributed by atoms with Crippen molar-refractivity contribution in [3.63, 3.8) is 0 Å². The fourth-order valence-electron chi connectivity index (χ4n) is 4.01. The van der Waals surface area contributed by atoms with E-state index in [2.05, 4.69) is 25.9 Å². The summed E-state index contributed by atoms with van der Waals surface area (Å²) in [5.41, 5.74) is 10.2. The lowest BCUT2D eigenvalue weighted by molar-refractivity contribution is 0.0694. The lowest BCUT2D eigenvalue weighted by Crippen LogP contribution is -2.34. The smallest absolute Gasteiger partial charge is 0.270 e. The quantitative estimate of drug-likeness (QED) is 0.581. The van der Waals surface area contributed by atoms with Gasteiger partial charge in [-0.25, -0.2) is 9.37 Å². The lowest BCUT2D eigenvalue weighted by Gasteiger charge is -2.28. The molecule has 0 saturated heterocycles. The molecule has 3 N–H and O–H groups in total. The van der Waals surface area contributed by atoms with Gasteiger partial charge in [-0.15, -0.1) is 0 Å². The molecule has 1 aliphatic rings. The molecule has 152 valence electrons. The van der Waals surface area contributed by atoms with Crippen molar-refractivity contribution in [3.8, 4) is 0 Å². The highest BCUT2D eigenvalue weighted by Gasteiger charge is 2.29. The Balaban J connectivity index is 1.72. The number of benzene rings is 1. The second-order valence-corrected chi connectivity index (χ2v) is 8.13. The molecule has 1 amide bonds. The molecular weight excluding hydrogens is 439 g/mol. The molecule has 2 aromatic heterocycles. The number of H-pyrrole nitrogens is 1. The highest BCUT2D eigenvalue weighted by Crippen LogP contribution is 2.38. The Labute approximate surface area is 176 Å². The zero-order valence-corrected chi connectivity index (χ0v) is 18.0. The molecule has 8 heteroatoms. The molecule has 0 unspecified atom stereocenters. The average molecular weight is 461 g/mol. The van der Waals surface area contributed by atoms with Gasteiger partial charge in [0.1, 0.15) is 17.3 Å². The summed E-state index contributed by atoms with van der Waals surface area (Å²) in [7, 11) is 0. The van der Waals surface area contributed by atoms with E-state index in [1.807, 2.05) is 20.8 Å². The maximum Gasteiger partial charge on any atom is 0.270 e. The van der Waals surface area contributed by atoms with E-state index in [9.17, 15) is 9.18 Å². The fourth-order valence-corrected chi connectivity index (χ4v) is 4.34. The van der Waals surface area contributed by atoms with Gasteiger partial charge in [0.2, 0.25) is 0 Å². The van der Waals surface area contributed by atoms with Gasteiger partial charge in [-0.1, -0.05) is 22.0 Å². The molecule has 0 aliphatic carbocycles. The Hall–Kier alpha value is -2.45. The first-order chi connectivity index (χ1) is 13.8. The molecule has 6 nitrogen and oxygen atoms in total. The average Bonchev–Trinajstić information content (AvgIpc) is 3.26. The van der Waals surface area contributed by atoms with Gasteiger partial charge in [-0.05, 0) is 39.0 Å². The SMILES string of the molecule is CCN(C(=O)c1cc2nc(N)c3c(c2[nH]1)CO[C@@H]3C)[C@H](C)c1ccc(Br)cc1F. The summed E-state index contributed by atoms with van der Waals surface area (Å²) in [5.74, 6) is -0.152. The molecule has 0 radical (unpaired) electrons. The van der Waals surface area contributed by atoms with Crippen LogP contribution in [0.3, 0.4) is 0 Å². The number of nitrogens with two attached hydrogens (primary N) is 1. The van der Waals surface area contributed by atoms with Crippen molar-refractivity contribution in [3.05, 3.63) is 56.9 Å². The maximum absolute atomic E-state index is 14.4. The van der Waals surface area contributed by atoms with Crippen LogP contribution < -0.4 is 5.73 Å². The van der Waals surface area contributed by atoms with Crippen molar-refractivity contribution in [2.24, 2.45) is 0 Å². The first-order valence-electron chi connectivity index (χ1n) is 9.50. The predicted octanol–water partition coefficient (Wildman–Crippen LogP) is 4.86. The van der Waals surface area contributed by atoms with E-state index in [-0.39, 0.29) is 17.8 Å². The number of carbonyl (C=O) groups excluding carboxylic acids is 1. The van der Waals surface area contributed by atoms with E-state index in [0.717, 1.165) is 16.6 Å². The Kier molecular flexibility index (Phi) is 5.08. The van der Waals surface area contributed by atoms with Gasteiger partial charge >= 0.3 is 0 Å². The molecule has 3 aromatic rings. The maximum atomic E-state index is 14.4. The standard InChI is InChI=1S/C21H22BrFN4O2/c1-4-27(10(2)13-6-5-12(22)7-15(13)23)21(28)17-8-16-19(25-17)14-9-29-11(3)18(14)20(24)26-16/h5-8,10-11,25H,4,9H2,1-3H3,(H2,24,26)/t10-,11-/m1/s1. The summed E-state index contributed by atoms with van der Waals surface area (Å²) in [5, 5.41) is 0. The Morgan fingerprint density at radius 1 is 1.48 bits per heavy atom. The number of pyridine rings is 1. The van der Waals surface area contributed by atoms with Crippen LogP contribution in [0.25, 0.3) is 11.0 Å². The van der Waals surface area contributed by atoms with Crippen molar-refractivity contribution in [1.29, 1.82) is 0 Å². The van der Waals surface area contributed by atoms with Crippen LogP contribution in [0.15, 0.2) is 28.7 Å². The minimum Gasteiger partial charge on any atom is -0.383 e. The molecule has 1 aliphatic heterocycles. The monoisotopic (exact) mass is 460 g/mol. The zero-order valence-electron chi connectivity index (χ0n) is 16.4. The number of halogens is 2. The first kappa shape index (κ1) is 19.8. The molecule has 29 heavy (non-hydrogen) atoms. The fraction of sp³-hybridized carbons (Fsp3) is 0.333. The highest BCUT2D eigenvalue weighted by molar-refractivity contribution is 9.10. The van der Waals surface area contributed by atoms with Gasteiger partial charge in [-0.3, -0.25) is 4.79 Å². The van der Waals surface area contributed by atoms with E-state index >= 15 is 0 Å². The predicted molar refractivity (Wildman–Crippen MR) is 113 cm³/mol. The van der Waals surface area contributed by atoms with Crippen molar-refractivity contribution < 1.29 is 13.9 Å². The number of ether oxygens (including phenoxy) is 1. The van der Waals surface area contributed by atoms with E-state index < -0.39 is 6.04 Å². The Bertz CT molecular complexity index is 1110. The molecule has 3 heterocycles. The highest BCUT2D eigenvalue weighted by atomic mass is 79.9. The summed E-state index contributed by atoms with van der Waals surface area (Å²) in [4.78, 5) is 22.5. The van der Waals surface area contributed by atoms with Crippen LogP contribution in [0.1, 0.15) is 60.1 Å². The van der Waals surface area contributed by atoms with Crippen molar-refractivity contribution in [1.82, 2.24) is 14.9 Å². The molecule has 2 atom stereocenters. The molecule has 0 saturated carbocycles. The third-order valence-electron chi connectivity index (χ3n) is 5.54. The molecule has 1 aromatic carbocycles. The summed E-state index contributed by atoms with van der Waals surface area (Å²) in [6.07, 6.45) is -0.128. The number of hydrogen-bond acceptors (Lipinski definition) is 4. The van der Waals surface area contributed by atoms with Crippen LogP contribution in [0.5, 0.6) is 0 Å². The summed E-state index contributed by atoms with van der Waals surface area (Å²) >= 11 is 3.27. The zero-order chi connectivity index (χ0) is 20.9. The number of hydrogen-bond donors (Lipinski definition) is 2. The van der Waals surface area contributed by atoms with Gasteiger partial charge in [-0.2, -0.15) is 0 Å². The first-order valence-corrected chi connectivity index (χ1v) is 10.3. The summed E-state index contributed by atoms with van der Waals surface area (Å²) in [6, 6.07) is 6.14. The van der Waals surface area contributed by atoms with E-state index in [0.29, 0.717) is 40.2 Å². The molecular formula is C21H22BrFN4O2. The minimum absolute atomic E-state index is 0.128. The van der Waals surface area contributed by atoms with E-state index in [4.69, 9.17) is 10.5 Å². The summed E-state index contributed by atoms with van der Waals surface area (Å²) < 4.78 is 20.8. The largest absolute Gasteiger partial charge is 0.383 e. The van der Waals surface area contributed by atoms with Crippen LogP contribution in [0, 0.1) is 5.82 Å². The van der Waals surface area contributed by atoms with Gasteiger partial charge in [0.05, 0.1) is 29.8 Å². The molecule has 0 spiro atoms. The summed E-state index contributed by atoms with van der Waals surface area (Å²) in [6.45, 7) is 6.47. The van der Waals surface area contributed by atoms with Gasteiger partial charge < -0.3 is 20.4 Å². The lowest BCUT2D eigenvalue weighted by atomic mass is 10.1. The number of amides is 1. The number of rotatable bonds is 4. The van der Waals surface area contributed by atoms with Crippen LogP contribution in [0.4, 0.5) is 10.2 Å². The van der Waals surface area contributed by atoms with Crippen molar-refractivity contribution in [2.45, 2.75) is 39.5 Å². The number of aromatic amines is 1. The number of carbonyl (C=O) groups is 1. The third kappa shape index (κ3) is 3.30. The van der Waals surface area contributed by atoms with Crippen LogP contribution in [-0.2, 0) is 11.3 Å². The van der Waals surface area contributed by atoms with Gasteiger partial charge in [0, 0.05) is 27.7 Å². The van der Waals surface area contributed by atoms with Crippen molar-refractivity contribution in [2.75, 3.05) is 12.3 Å². The molecule has 0 bridgehead atoms. The van der Waals surface area contributed by atoms with E-state index in [1.165, 1.54) is 6.07 Å². The third-order valence-corrected chi connectivity index (χ3v) is 6.03. The second kappa shape index (κ2) is 7.42. The number of fused-ring (bicyclic) bond motifs is 3. The topological polar surface area (TPSA) is 84.2 Å².